The van der Waals surface area contributed by atoms with Crippen molar-refractivity contribution in [2.75, 3.05) is 0 Å². The van der Waals surface area contributed by atoms with E-state index >= 15 is 0 Å². The van der Waals surface area contributed by atoms with Gasteiger partial charge in [-0.05, 0) is 93.0 Å². The average molecular weight is 788 g/mol. The molecule has 0 aliphatic rings. The second-order valence-corrected chi connectivity index (χ2v) is 14.0. The molecule has 0 saturated carbocycles. The molecule has 4 heterocycles. The molecule has 0 unspecified atom stereocenters. The summed E-state index contributed by atoms with van der Waals surface area (Å²) in [5.41, 5.74) is 5.64. The minimum atomic E-state index is 0. The number of phenols is 2. The van der Waals surface area contributed by atoms with E-state index in [1.807, 2.05) is 60.7 Å². The van der Waals surface area contributed by atoms with Crippen LogP contribution in [0.3, 0.4) is 0 Å². The molecule has 12 rings (SSSR count). The number of pyridine rings is 2. The number of phenolic OH excluding ortho intramolecular Hbond substituents is 2. The van der Waals surface area contributed by atoms with Crippen molar-refractivity contribution in [1.82, 2.24) is 9.97 Å². The predicted molar refractivity (Wildman–Crippen MR) is 227 cm³/mol. The summed E-state index contributed by atoms with van der Waals surface area (Å²) in [6, 6.07) is 52.2. The quantitative estimate of drug-likeness (QED) is 0.134. The summed E-state index contributed by atoms with van der Waals surface area (Å²) in [6.07, 6.45) is 3.44. The van der Waals surface area contributed by atoms with Gasteiger partial charge in [0.05, 0.1) is 22.5 Å². The van der Waals surface area contributed by atoms with Crippen LogP contribution >= 0.6 is 0 Å². The molecule has 0 fully saturated rings. The molecule has 0 aliphatic carbocycles. The van der Waals surface area contributed by atoms with Crippen molar-refractivity contribution in [2.45, 2.75) is 0 Å². The largest absolute Gasteiger partial charge is 0.507 e. The Morgan fingerprint density at radius 3 is 1.14 bits per heavy atom. The normalized spacial score (nSPS) is 11.5. The first-order valence-electron chi connectivity index (χ1n) is 18.4. The van der Waals surface area contributed by atoms with E-state index in [4.69, 9.17) is 8.83 Å². The zero-order valence-corrected chi connectivity index (χ0v) is 33.4. The van der Waals surface area contributed by atoms with E-state index in [9.17, 15) is 10.2 Å². The number of hydrogen-bond acceptors (Lipinski definition) is 6. The number of nitrogens with zero attached hydrogens (tertiary/aromatic N) is 2. The maximum atomic E-state index is 10.6. The van der Waals surface area contributed by atoms with Gasteiger partial charge in [0, 0.05) is 64.2 Å². The molecule has 0 bridgehead atoms. The van der Waals surface area contributed by atoms with Gasteiger partial charge in [0.25, 0.3) is 0 Å². The molecule has 57 heavy (non-hydrogen) atoms. The Hall–Kier alpha value is -7.08. The summed E-state index contributed by atoms with van der Waals surface area (Å²) >= 11 is 0. The zero-order chi connectivity index (χ0) is 37.3. The van der Waals surface area contributed by atoms with Crippen molar-refractivity contribution >= 4 is 87.0 Å². The summed E-state index contributed by atoms with van der Waals surface area (Å²) in [7, 11) is 0. The molecule has 0 radical (unpaired) electrons. The van der Waals surface area contributed by atoms with Crippen LogP contribution in [0.5, 0.6) is 11.5 Å². The minimum absolute atomic E-state index is 0. The van der Waals surface area contributed by atoms with Gasteiger partial charge in [-0.15, -0.1) is 0 Å². The van der Waals surface area contributed by atoms with Crippen molar-refractivity contribution in [3.05, 3.63) is 170 Å². The topological polar surface area (TPSA) is 92.5 Å². The van der Waals surface area contributed by atoms with Crippen LogP contribution in [0.15, 0.2) is 179 Å². The van der Waals surface area contributed by atoms with Gasteiger partial charge in [-0.25, -0.2) is 0 Å². The molecule has 12 aromatic rings. The number of furan rings is 2. The molecule has 7 heteroatoms. The van der Waals surface area contributed by atoms with E-state index in [1.165, 1.54) is 10.8 Å². The van der Waals surface area contributed by atoms with Crippen LogP contribution < -0.4 is 0 Å². The standard InChI is InChI=1S/2C25H15NO2.Zn/c2*27-21-13-12-19-18-11-10-16-9-8-15-5-1-2-6-17(15)22(16)24(18)28-25(19)23(21)20-7-3-4-14-26-20;/h2*1-14,27H;. The second-order valence-electron chi connectivity index (χ2n) is 14.0. The Kier molecular flexibility index (Phi) is 8.21. The summed E-state index contributed by atoms with van der Waals surface area (Å²) < 4.78 is 12.9. The number of hydrogen-bond donors (Lipinski definition) is 2. The summed E-state index contributed by atoms with van der Waals surface area (Å²) in [4.78, 5) is 8.84. The molecule has 266 valence electrons. The van der Waals surface area contributed by atoms with E-state index in [0.717, 1.165) is 65.0 Å². The van der Waals surface area contributed by atoms with E-state index in [0.29, 0.717) is 33.7 Å². The Morgan fingerprint density at radius 2 is 0.702 bits per heavy atom. The van der Waals surface area contributed by atoms with Gasteiger partial charge in [-0.1, -0.05) is 97.1 Å². The smallest absolute Gasteiger partial charge is 0.148 e. The number of aromatic nitrogens is 2. The first-order valence-corrected chi connectivity index (χ1v) is 18.4. The van der Waals surface area contributed by atoms with Crippen molar-refractivity contribution in [1.29, 1.82) is 0 Å². The average Bonchev–Trinajstić information content (AvgIpc) is 3.82. The van der Waals surface area contributed by atoms with Gasteiger partial charge in [-0.3, -0.25) is 9.97 Å². The van der Waals surface area contributed by atoms with E-state index < -0.39 is 0 Å². The summed E-state index contributed by atoms with van der Waals surface area (Å²) in [5, 5.41) is 34.3. The molecule has 4 aromatic heterocycles. The van der Waals surface area contributed by atoms with Crippen LogP contribution in [0.4, 0.5) is 0 Å². The van der Waals surface area contributed by atoms with Crippen LogP contribution in [0, 0.1) is 0 Å². The molecular formula is C50H30N2O4Zn. The number of fused-ring (bicyclic) bond motifs is 14. The van der Waals surface area contributed by atoms with Gasteiger partial charge in [0.1, 0.15) is 33.8 Å². The molecule has 0 atom stereocenters. The Bertz CT molecular complexity index is 3270. The van der Waals surface area contributed by atoms with Crippen LogP contribution in [0.25, 0.3) is 109 Å². The van der Waals surface area contributed by atoms with Crippen molar-refractivity contribution in [3.63, 3.8) is 0 Å². The van der Waals surface area contributed by atoms with E-state index in [-0.39, 0.29) is 31.0 Å². The van der Waals surface area contributed by atoms with Crippen molar-refractivity contribution in [2.24, 2.45) is 0 Å². The molecule has 0 saturated heterocycles. The number of aromatic hydroxyl groups is 2. The first kappa shape index (κ1) is 34.4. The third kappa shape index (κ3) is 5.42. The monoisotopic (exact) mass is 786 g/mol. The first-order chi connectivity index (χ1) is 27.6. The summed E-state index contributed by atoms with van der Waals surface area (Å²) in [5.74, 6) is 0.332. The Morgan fingerprint density at radius 1 is 0.333 bits per heavy atom. The number of rotatable bonds is 2. The fraction of sp³-hybridized carbons (Fsp3) is 0. The third-order valence-electron chi connectivity index (χ3n) is 10.8. The molecule has 0 aliphatic heterocycles. The second kappa shape index (κ2) is 13.6. The Balaban J connectivity index is 0.000000137. The minimum Gasteiger partial charge on any atom is -0.507 e. The van der Waals surface area contributed by atoms with Crippen LogP contribution in [0.1, 0.15) is 0 Å². The van der Waals surface area contributed by atoms with Gasteiger partial charge in [0.15, 0.2) is 0 Å². The van der Waals surface area contributed by atoms with Gasteiger partial charge in [-0.2, -0.15) is 0 Å². The van der Waals surface area contributed by atoms with Gasteiger partial charge in [0.2, 0.25) is 0 Å². The molecule has 2 N–H and O–H groups in total. The SMILES string of the molecule is Oc1ccc2c(oc3c2ccc2ccc4ccccc4c23)c1-c1ccccn1.Oc1ccc2c(oc3c2ccc2ccc4ccccc4c23)c1-c1ccccn1.[Zn]. The maximum Gasteiger partial charge on any atom is 0.148 e. The Labute approximate surface area is 338 Å². The number of benzene rings is 8. The molecule has 0 amide bonds. The van der Waals surface area contributed by atoms with Gasteiger partial charge >= 0.3 is 0 Å². The molecule has 0 spiro atoms. The van der Waals surface area contributed by atoms with Gasteiger partial charge < -0.3 is 19.0 Å². The molecule has 6 nitrogen and oxygen atoms in total. The van der Waals surface area contributed by atoms with Crippen molar-refractivity contribution < 1.29 is 38.5 Å². The molecule has 8 aromatic carbocycles. The van der Waals surface area contributed by atoms with Crippen LogP contribution in [0.2, 0.25) is 0 Å². The fourth-order valence-corrected chi connectivity index (χ4v) is 8.27. The zero-order valence-electron chi connectivity index (χ0n) is 30.5. The fourth-order valence-electron chi connectivity index (χ4n) is 8.27. The van der Waals surface area contributed by atoms with E-state index in [1.54, 1.807) is 24.5 Å². The van der Waals surface area contributed by atoms with Crippen molar-refractivity contribution in [3.8, 4) is 34.0 Å². The van der Waals surface area contributed by atoms with E-state index in [2.05, 4.69) is 94.9 Å². The van der Waals surface area contributed by atoms with Crippen LogP contribution in [-0.4, -0.2) is 20.2 Å². The predicted octanol–water partition coefficient (Wildman–Crippen LogP) is 13.3. The summed E-state index contributed by atoms with van der Waals surface area (Å²) in [6.45, 7) is 0. The molecular weight excluding hydrogens is 758 g/mol. The van der Waals surface area contributed by atoms with Crippen LogP contribution in [-0.2, 0) is 19.5 Å². The maximum absolute atomic E-state index is 10.6. The third-order valence-corrected chi connectivity index (χ3v) is 10.8.